The quantitative estimate of drug-likeness (QED) is 0.0295. The van der Waals surface area contributed by atoms with Crippen LogP contribution in [0.3, 0.4) is 0 Å². The number of carbonyl (C=O) groups is 4. The number of halogens is 4. The summed E-state index contributed by atoms with van der Waals surface area (Å²) >= 11 is 25.1. The number of aliphatic hydroxyl groups excluding tert-OH is 1. The van der Waals surface area contributed by atoms with E-state index in [9.17, 15) is 52.8 Å². The highest BCUT2D eigenvalue weighted by atomic mass is 35.5. The van der Waals surface area contributed by atoms with Crippen molar-refractivity contribution >= 4 is 133 Å². The van der Waals surface area contributed by atoms with Crippen LogP contribution in [0.25, 0.3) is 45.0 Å². The van der Waals surface area contributed by atoms with Crippen LogP contribution in [0.1, 0.15) is 55.3 Å². The van der Waals surface area contributed by atoms with Gasteiger partial charge in [0.05, 0.1) is 95.5 Å². The molecular formula is C86H80Cl4N12O15S4. The second-order valence-electron chi connectivity index (χ2n) is 27.0. The molecule has 27 nitrogen and oxygen atoms in total. The highest BCUT2D eigenvalue weighted by Crippen LogP contribution is 2.35. The van der Waals surface area contributed by atoms with Crippen LogP contribution in [0.5, 0.6) is 0 Å². The van der Waals surface area contributed by atoms with E-state index in [1.807, 2.05) is 68.4 Å². The predicted octanol–water partition coefficient (Wildman–Crippen LogP) is 14.9. The molecule has 7 N–H and O–H groups in total. The van der Waals surface area contributed by atoms with Gasteiger partial charge in [0.25, 0.3) is 23.6 Å². The van der Waals surface area contributed by atoms with Crippen molar-refractivity contribution in [3.8, 4) is 45.0 Å². The first kappa shape index (κ1) is 90.7. The fourth-order valence-corrected chi connectivity index (χ4v) is 17.8. The summed E-state index contributed by atoms with van der Waals surface area (Å²) in [6.45, 7) is 6.45. The number of ether oxygens (including phenoxy) is 2. The minimum Gasteiger partial charge on any atom is -0.395 e. The summed E-state index contributed by atoms with van der Waals surface area (Å²) in [7, 11) is -14.7. The van der Waals surface area contributed by atoms with Gasteiger partial charge >= 0.3 is 0 Å². The third-order valence-electron chi connectivity index (χ3n) is 18.0. The lowest BCUT2D eigenvalue weighted by atomic mass is 10.1. The molecule has 0 bridgehead atoms. The molecule has 12 aromatic rings. The smallest absolute Gasteiger partial charge is 0.255 e. The first-order valence-electron chi connectivity index (χ1n) is 37.3. The van der Waals surface area contributed by atoms with Crippen LogP contribution in [-0.2, 0) is 49.6 Å². The minimum absolute atomic E-state index is 0.00595. The van der Waals surface area contributed by atoms with E-state index in [-0.39, 0.29) is 55.7 Å². The van der Waals surface area contributed by atoms with Gasteiger partial charge < -0.3 is 35.8 Å². The summed E-state index contributed by atoms with van der Waals surface area (Å²) in [4.78, 5) is 68.1. The third-order valence-corrected chi connectivity index (χ3v) is 26.0. The minimum atomic E-state index is -3.73. The molecule has 2 saturated heterocycles. The lowest BCUT2D eigenvalue weighted by molar-refractivity contribution is 0.0730. The number of hydrogen-bond acceptors (Lipinski definition) is 19. The molecule has 0 aliphatic carbocycles. The van der Waals surface area contributed by atoms with Gasteiger partial charge in [0, 0.05) is 131 Å². The number of aliphatic hydroxyl groups is 1. The molecule has 0 atom stereocenters. The molecule has 35 heteroatoms. The number of sulfonamides is 4. The summed E-state index contributed by atoms with van der Waals surface area (Å²) < 4.78 is 118. The van der Waals surface area contributed by atoms with Crippen LogP contribution in [-0.4, -0.2) is 163 Å². The number of rotatable bonds is 24. The van der Waals surface area contributed by atoms with Crippen LogP contribution in [0, 0.1) is 5.92 Å². The number of pyridine rings is 4. The van der Waals surface area contributed by atoms with E-state index in [2.05, 4.69) is 50.6 Å². The number of benzene rings is 8. The molecule has 14 rings (SSSR count). The third kappa shape index (κ3) is 24.8. The molecule has 0 radical (unpaired) electrons. The van der Waals surface area contributed by atoms with Gasteiger partial charge in [-0.25, -0.2) is 43.1 Å². The highest BCUT2D eigenvalue weighted by Gasteiger charge is 2.29. The summed E-state index contributed by atoms with van der Waals surface area (Å²) in [5.74, 6) is -1.43. The van der Waals surface area contributed by atoms with E-state index in [0.717, 1.165) is 0 Å². The molecule has 121 heavy (non-hydrogen) atoms. The summed E-state index contributed by atoms with van der Waals surface area (Å²) in [6, 6.07) is 65.6. The number of aromatic nitrogens is 4. The molecule has 0 saturated carbocycles. The van der Waals surface area contributed by atoms with Crippen molar-refractivity contribution in [1.82, 2.24) is 38.0 Å². The summed E-state index contributed by atoms with van der Waals surface area (Å²) in [6.07, 6.45) is 6.65. The Morgan fingerprint density at radius 1 is 0.364 bits per heavy atom. The maximum Gasteiger partial charge on any atom is 0.255 e. The van der Waals surface area contributed by atoms with Crippen molar-refractivity contribution in [2.45, 2.75) is 33.4 Å². The van der Waals surface area contributed by atoms with Gasteiger partial charge in [-0.3, -0.25) is 39.1 Å². The molecule has 2 aliphatic rings. The Balaban J connectivity index is 0.000000158. The van der Waals surface area contributed by atoms with Crippen molar-refractivity contribution in [2.24, 2.45) is 5.92 Å². The molecule has 0 unspecified atom stereocenters. The zero-order valence-corrected chi connectivity index (χ0v) is 71.0. The van der Waals surface area contributed by atoms with E-state index >= 15 is 0 Å². The molecule has 2 fully saturated rings. The lowest BCUT2D eigenvalue weighted by Crippen LogP contribution is -2.40. The second-order valence-corrected chi connectivity index (χ2v) is 36.0. The van der Waals surface area contributed by atoms with Gasteiger partial charge in [0.15, 0.2) is 0 Å². The van der Waals surface area contributed by atoms with E-state index < -0.39 is 57.8 Å². The maximum absolute atomic E-state index is 12.9. The zero-order valence-electron chi connectivity index (χ0n) is 64.7. The molecule has 0 spiro atoms. The Morgan fingerprint density at radius 3 is 1.01 bits per heavy atom. The Hall–Kier alpha value is -11.1. The van der Waals surface area contributed by atoms with Gasteiger partial charge in [0.2, 0.25) is 40.1 Å². The number of morpholine rings is 2. The van der Waals surface area contributed by atoms with E-state index in [4.69, 9.17) is 61.0 Å². The Morgan fingerprint density at radius 2 is 0.678 bits per heavy atom. The largest absolute Gasteiger partial charge is 0.395 e. The molecular weight excluding hydrogens is 1710 g/mol. The van der Waals surface area contributed by atoms with Gasteiger partial charge in [-0.1, -0.05) is 96.6 Å². The normalized spacial score (nSPS) is 13.2. The van der Waals surface area contributed by atoms with Gasteiger partial charge in [0.1, 0.15) is 0 Å². The second kappa shape index (κ2) is 42.4. The van der Waals surface area contributed by atoms with Crippen LogP contribution in [0.4, 0.5) is 22.7 Å². The van der Waals surface area contributed by atoms with Gasteiger partial charge in [-0.05, 0) is 212 Å². The predicted molar refractivity (Wildman–Crippen MR) is 468 cm³/mol. The Labute approximate surface area is 720 Å². The molecule has 4 aromatic heterocycles. The van der Waals surface area contributed by atoms with Gasteiger partial charge in [-0.15, -0.1) is 0 Å². The van der Waals surface area contributed by atoms with Crippen LogP contribution < -0.4 is 30.7 Å². The fraction of sp³-hybridized carbons (Fsp3) is 0.163. The van der Waals surface area contributed by atoms with Crippen molar-refractivity contribution in [1.29, 1.82) is 0 Å². The van der Waals surface area contributed by atoms with Crippen molar-refractivity contribution in [3.63, 3.8) is 0 Å². The summed E-state index contributed by atoms with van der Waals surface area (Å²) in [5, 5.41) is 22.0. The first-order valence-corrected chi connectivity index (χ1v) is 44.7. The van der Waals surface area contributed by atoms with E-state index in [1.54, 1.807) is 140 Å². The molecule has 6 heterocycles. The average Bonchev–Trinajstić information content (AvgIpc) is 0.795. The summed E-state index contributed by atoms with van der Waals surface area (Å²) in [5.41, 5.74) is 8.73. The highest BCUT2D eigenvalue weighted by molar-refractivity contribution is 7.90. The average molecular weight is 1790 g/mol. The Kier molecular flexibility index (Phi) is 31.8. The number of carbonyl (C=O) groups excluding carboxylic acids is 4. The number of hydrogen-bond donors (Lipinski definition) is 7. The number of amides is 4. The topological polar surface area (TPSA) is 374 Å². The van der Waals surface area contributed by atoms with Crippen molar-refractivity contribution in [2.75, 3.05) is 93.6 Å². The number of nitrogens with one attached hydrogen (secondary N) is 6. The van der Waals surface area contributed by atoms with Crippen molar-refractivity contribution < 1.29 is 67.4 Å². The zero-order chi connectivity index (χ0) is 86.3. The molecule has 626 valence electrons. The van der Waals surface area contributed by atoms with Gasteiger partial charge in [-0.2, -0.15) is 8.61 Å². The standard InChI is InChI=1S/2C22H20ClN3O4S.C22H22ClN3O3S.C20H18ClN3O4S/c23-20-8-7-17(15-19(20)21-6-1-2-9-24-21)25-22(27)16-4-3-5-18(14-16)31(28,29)26-10-12-30-13-11-26;23-20-9-6-17(15-19(20)21-3-1-2-10-24-21)25-22(27)16-4-7-18(8-5-16)31(28,29)26-11-13-30-14-12-26;1-15(2)14-25-30(28,29)18-7-5-6-16(12-18)22(27)26-17-9-10-20(23)19(13-17)21-8-3-4-11-24-21;21-18-9-6-15(13-17(18)19-3-1-2-10-22-19)24-20(26)14-4-7-16(8-5-14)29(27,28)23-11-12-25/h1-9,14-15H,10-13H2,(H,25,27);1-10,15H,11-14H2,(H,25,27);3-13,15,25H,14H2,1-2H3,(H,26,27);1-10,13,23,25H,11-12H2,(H,24,26). The van der Waals surface area contributed by atoms with Crippen LogP contribution in [0.15, 0.2) is 287 Å². The number of anilines is 4. The molecule has 4 amide bonds. The Bertz CT molecular complexity index is 6120. The fourth-order valence-electron chi connectivity index (χ4n) is 11.8. The van der Waals surface area contributed by atoms with Crippen molar-refractivity contribution in [3.05, 3.63) is 310 Å². The lowest BCUT2D eigenvalue weighted by Gasteiger charge is -2.26. The maximum atomic E-state index is 12.9. The SMILES string of the molecule is CC(C)CNS(=O)(=O)c1cccc(C(=O)Nc2ccc(Cl)c(-c3ccccn3)c2)c1.O=C(Nc1ccc(Cl)c(-c2ccccn2)c1)c1ccc(S(=O)(=O)N2CCOCC2)cc1.O=C(Nc1ccc(Cl)c(-c2ccccn2)c1)c1ccc(S(=O)(=O)NCCO)cc1.O=C(Nc1ccc(Cl)c(-c2ccccn2)c1)c1cccc(S(=O)(=O)N2CCOCC2)c1. The van der Waals surface area contributed by atoms with Crippen LogP contribution >= 0.6 is 46.4 Å². The molecule has 8 aromatic carbocycles. The first-order chi connectivity index (χ1) is 58.1. The number of nitrogens with zero attached hydrogens (tertiary/aromatic N) is 6. The molecule has 2 aliphatic heterocycles. The van der Waals surface area contributed by atoms with Crippen LogP contribution in [0.2, 0.25) is 20.1 Å². The monoisotopic (exact) mass is 1790 g/mol. The van der Waals surface area contributed by atoms with E-state index in [0.29, 0.717) is 158 Å². The van der Waals surface area contributed by atoms with E-state index in [1.165, 1.54) is 81.4 Å².